The molecule has 0 aliphatic heterocycles. The van der Waals surface area contributed by atoms with Crippen molar-refractivity contribution in [2.45, 2.75) is 31.6 Å². The third kappa shape index (κ3) is 3.16. The lowest BCUT2D eigenvalue weighted by atomic mass is 10.1. The van der Waals surface area contributed by atoms with E-state index in [0.29, 0.717) is 4.83 Å². The minimum absolute atomic E-state index is 0.300. The zero-order valence-electron chi connectivity index (χ0n) is 10.1. The van der Waals surface area contributed by atoms with Crippen LogP contribution in [0.1, 0.15) is 35.0 Å². The van der Waals surface area contributed by atoms with E-state index in [4.69, 9.17) is 0 Å². The van der Waals surface area contributed by atoms with E-state index < -0.39 is 0 Å². The van der Waals surface area contributed by atoms with Crippen molar-refractivity contribution in [3.63, 3.8) is 0 Å². The molecular weight excluding hydrogens is 278 g/mol. The number of hydrogen-bond acceptors (Lipinski definition) is 2. The van der Waals surface area contributed by atoms with Crippen LogP contribution in [0.2, 0.25) is 0 Å². The van der Waals surface area contributed by atoms with Gasteiger partial charge in [-0.15, -0.1) is 5.10 Å². The van der Waals surface area contributed by atoms with Crippen LogP contribution in [0.25, 0.3) is 0 Å². The highest BCUT2D eigenvalue weighted by Crippen LogP contribution is 2.23. The molecule has 1 heterocycles. The summed E-state index contributed by atoms with van der Waals surface area (Å²) in [6.45, 7) is 5.00. The van der Waals surface area contributed by atoms with Crippen LogP contribution in [0.4, 0.5) is 0 Å². The fraction of sp³-hybridized carbons (Fsp3) is 0.385. The Morgan fingerprint density at radius 1 is 1.41 bits per heavy atom. The van der Waals surface area contributed by atoms with Gasteiger partial charge in [-0.3, -0.25) is 0 Å². The molecule has 1 aromatic carbocycles. The molecule has 2 rings (SSSR count). The highest BCUT2D eigenvalue weighted by molar-refractivity contribution is 9.09. The molecule has 1 unspecified atom stereocenters. The summed E-state index contributed by atoms with van der Waals surface area (Å²) in [6.07, 6.45) is 3.02. The molecular formula is C13H16BrN3. The normalized spacial score (nSPS) is 12.6. The number of nitrogens with zero attached hydrogens (tertiary/aromatic N) is 3. The first-order valence-corrected chi connectivity index (χ1v) is 6.70. The molecule has 0 N–H and O–H groups in total. The molecule has 17 heavy (non-hydrogen) atoms. The second kappa shape index (κ2) is 5.45. The molecule has 1 atom stereocenters. The van der Waals surface area contributed by atoms with Gasteiger partial charge in [-0.1, -0.05) is 57.9 Å². The van der Waals surface area contributed by atoms with Crippen molar-refractivity contribution in [3.05, 3.63) is 47.3 Å². The number of aryl methyl sites for hydroxylation is 1. The van der Waals surface area contributed by atoms with E-state index in [2.05, 4.69) is 64.4 Å². The topological polar surface area (TPSA) is 30.7 Å². The van der Waals surface area contributed by atoms with Gasteiger partial charge in [-0.2, -0.15) is 0 Å². The molecule has 0 saturated heterocycles. The molecule has 90 valence electrons. The fourth-order valence-corrected chi connectivity index (χ4v) is 1.95. The van der Waals surface area contributed by atoms with Crippen molar-refractivity contribution in [1.29, 1.82) is 0 Å². The molecule has 2 aromatic rings. The average molecular weight is 294 g/mol. The Balaban J connectivity index is 2.11. The number of rotatable bonds is 4. The van der Waals surface area contributed by atoms with E-state index >= 15 is 0 Å². The van der Waals surface area contributed by atoms with E-state index in [-0.39, 0.29) is 0 Å². The monoisotopic (exact) mass is 293 g/mol. The van der Waals surface area contributed by atoms with Crippen LogP contribution in [0, 0.1) is 6.92 Å². The van der Waals surface area contributed by atoms with Gasteiger partial charge in [0.15, 0.2) is 0 Å². The predicted molar refractivity (Wildman–Crippen MR) is 72.3 cm³/mol. The Labute approximate surface area is 110 Å². The van der Waals surface area contributed by atoms with Crippen LogP contribution in [-0.2, 0) is 6.54 Å². The zero-order chi connectivity index (χ0) is 12.3. The van der Waals surface area contributed by atoms with Gasteiger partial charge in [-0.05, 0) is 18.9 Å². The minimum atomic E-state index is 0.300. The molecule has 0 aliphatic carbocycles. The maximum Gasteiger partial charge on any atom is 0.0963 e. The van der Waals surface area contributed by atoms with Crippen LogP contribution in [0.3, 0.4) is 0 Å². The summed E-state index contributed by atoms with van der Waals surface area (Å²) < 4.78 is 1.88. The third-order valence-corrected chi connectivity index (χ3v) is 3.78. The summed E-state index contributed by atoms with van der Waals surface area (Å²) in [4.78, 5) is 0.300. The first-order valence-electron chi connectivity index (χ1n) is 5.78. The Morgan fingerprint density at radius 3 is 2.94 bits per heavy atom. The lowest BCUT2D eigenvalue weighted by Crippen LogP contribution is -2.00. The minimum Gasteiger partial charge on any atom is -0.248 e. The molecule has 0 aliphatic rings. The van der Waals surface area contributed by atoms with Gasteiger partial charge in [0.2, 0.25) is 0 Å². The van der Waals surface area contributed by atoms with E-state index in [1.165, 1.54) is 11.1 Å². The number of hydrogen-bond donors (Lipinski definition) is 0. The number of alkyl halides is 1. The Kier molecular flexibility index (Phi) is 3.94. The highest BCUT2D eigenvalue weighted by Gasteiger charge is 2.09. The summed E-state index contributed by atoms with van der Waals surface area (Å²) in [5.41, 5.74) is 3.53. The molecule has 0 spiro atoms. The Hall–Kier alpha value is -1.16. The van der Waals surface area contributed by atoms with Gasteiger partial charge in [0.1, 0.15) is 0 Å². The quantitative estimate of drug-likeness (QED) is 0.808. The zero-order valence-corrected chi connectivity index (χ0v) is 11.7. The summed E-state index contributed by atoms with van der Waals surface area (Å²) >= 11 is 3.58. The SMILES string of the molecule is CCC(Br)c1cn(Cc2cccc(C)c2)nn1. The first-order chi connectivity index (χ1) is 8.19. The standard InChI is InChI=1S/C13H16BrN3/c1-3-12(14)13-9-17(16-15-13)8-11-6-4-5-10(2)7-11/h4-7,9,12H,3,8H2,1-2H3. The third-order valence-electron chi connectivity index (χ3n) is 2.66. The first kappa shape index (κ1) is 12.3. The number of halogens is 1. The van der Waals surface area contributed by atoms with Crippen LogP contribution < -0.4 is 0 Å². The average Bonchev–Trinajstić information content (AvgIpc) is 2.76. The summed E-state index contributed by atoms with van der Waals surface area (Å²) in [5.74, 6) is 0. The van der Waals surface area contributed by atoms with Crippen molar-refractivity contribution >= 4 is 15.9 Å². The highest BCUT2D eigenvalue weighted by atomic mass is 79.9. The van der Waals surface area contributed by atoms with Crippen molar-refractivity contribution in [2.24, 2.45) is 0 Å². The lowest BCUT2D eigenvalue weighted by Gasteiger charge is -2.02. The molecule has 3 nitrogen and oxygen atoms in total. The lowest BCUT2D eigenvalue weighted by molar-refractivity contribution is 0.649. The van der Waals surface area contributed by atoms with Crippen molar-refractivity contribution in [1.82, 2.24) is 15.0 Å². The largest absolute Gasteiger partial charge is 0.248 e. The van der Waals surface area contributed by atoms with E-state index in [1.807, 2.05) is 10.9 Å². The Bertz CT molecular complexity index is 493. The predicted octanol–water partition coefficient (Wildman–Crippen LogP) is 3.48. The number of benzene rings is 1. The van der Waals surface area contributed by atoms with Crippen LogP contribution in [0.5, 0.6) is 0 Å². The maximum absolute atomic E-state index is 4.17. The van der Waals surface area contributed by atoms with Gasteiger partial charge < -0.3 is 0 Å². The number of aromatic nitrogens is 3. The summed E-state index contributed by atoms with van der Waals surface area (Å²) in [5, 5.41) is 8.32. The van der Waals surface area contributed by atoms with E-state index in [9.17, 15) is 0 Å². The molecule has 1 aromatic heterocycles. The summed E-state index contributed by atoms with van der Waals surface area (Å²) in [6, 6.07) is 8.45. The van der Waals surface area contributed by atoms with E-state index in [0.717, 1.165) is 18.7 Å². The van der Waals surface area contributed by atoms with Crippen LogP contribution >= 0.6 is 15.9 Å². The summed E-state index contributed by atoms with van der Waals surface area (Å²) in [7, 11) is 0. The second-order valence-electron chi connectivity index (χ2n) is 4.21. The fourth-order valence-electron chi connectivity index (χ4n) is 1.74. The van der Waals surface area contributed by atoms with Gasteiger partial charge >= 0.3 is 0 Å². The molecule has 0 fully saturated rings. The second-order valence-corrected chi connectivity index (χ2v) is 5.31. The van der Waals surface area contributed by atoms with Gasteiger partial charge in [0, 0.05) is 6.20 Å². The van der Waals surface area contributed by atoms with Crippen molar-refractivity contribution in [2.75, 3.05) is 0 Å². The van der Waals surface area contributed by atoms with Crippen molar-refractivity contribution < 1.29 is 0 Å². The van der Waals surface area contributed by atoms with Crippen LogP contribution in [-0.4, -0.2) is 15.0 Å². The maximum atomic E-state index is 4.17. The van der Waals surface area contributed by atoms with Crippen LogP contribution in [0.15, 0.2) is 30.5 Å². The smallest absolute Gasteiger partial charge is 0.0963 e. The molecule has 0 bridgehead atoms. The van der Waals surface area contributed by atoms with Gasteiger partial charge in [0.05, 0.1) is 17.1 Å². The molecule has 0 amide bonds. The Morgan fingerprint density at radius 2 is 2.24 bits per heavy atom. The van der Waals surface area contributed by atoms with Gasteiger partial charge in [-0.25, -0.2) is 4.68 Å². The van der Waals surface area contributed by atoms with E-state index in [1.54, 1.807) is 0 Å². The molecule has 0 radical (unpaired) electrons. The van der Waals surface area contributed by atoms with Crippen molar-refractivity contribution in [3.8, 4) is 0 Å². The molecule has 4 heteroatoms. The molecule has 0 saturated carbocycles. The van der Waals surface area contributed by atoms with Gasteiger partial charge in [0.25, 0.3) is 0 Å².